The van der Waals surface area contributed by atoms with Gasteiger partial charge in [-0.1, -0.05) is 135 Å². The van der Waals surface area contributed by atoms with Crippen molar-refractivity contribution in [2.75, 3.05) is 9.80 Å². The second kappa shape index (κ2) is 12.9. The smallest absolute Gasteiger partial charge is 0.193 e. The highest BCUT2D eigenvalue weighted by molar-refractivity contribution is 8.00. The van der Waals surface area contributed by atoms with Crippen LogP contribution in [0.2, 0.25) is 0 Å². The van der Waals surface area contributed by atoms with Crippen LogP contribution in [0.3, 0.4) is 0 Å². The number of benzene rings is 8. The fraction of sp³-hybridized carbons (Fsp3) is 0.0577. The number of aromatic nitrogens is 1. The van der Waals surface area contributed by atoms with Gasteiger partial charge >= 0.3 is 0 Å². The second-order valence-corrected chi connectivity index (χ2v) is 16.4. The van der Waals surface area contributed by atoms with E-state index in [0.29, 0.717) is 0 Å². The molecular formula is C52H37N3OS. The van der Waals surface area contributed by atoms with Crippen molar-refractivity contribution in [3.8, 4) is 5.69 Å². The highest BCUT2D eigenvalue weighted by atomic mass is 32.2. The van der Waals surface area contributed by atoms with E-state index in [4.69, 9.17) is 0 Å². The van der Waals surface area contributed by atoms with E-state index in [2.05, 4.69) is 198 Å². The SMILES string of the molecule is CC1(C)c2ccccc2C(=O)c2cc(N3c4cc5c(cc4Sc4c(N(c6ccccc6)c6ccccc6)cccc43)c3ccccc3n5-c3ccccc3)ccc21. The van der Waals surface area contributed by atoms with Crippen molar-refractivity contribution in [3.63, 3.8) is 0 Å². The molecule has 1 aromatic heterocycles. The molecule has 0 N–H and O–H groups in total. The van der Waals surface area contributed by atoms with Crippen molar-refractivity contribution in [2.24, 2.45) is 0 Å². The van der Waals surface area contributed by atoms with Crippen LogP contribution in [0.1, 0.15) is 40.9 Å². The van der Waals surface area contributed by atoms with Gasteiger partial charge in [0.05, 0.1) is 33.0 Å². The highest BCUT2D eigenvalue weighted by Gasteiger charge is 2.38. The average molecular weight is 752 g/mol. The van der Waals surface area contributed by atoms with Gasteiger partial charge in [-0.2, -0.15) is 0 Å². The van der Waals surface area contributed by atoms with Crippen molar-refractivity contribution in [1.29, 1.82) is 0 Å². The molecule has 1 aliphatic carbocycles. The van der Waals surface area contributed by atoms with Gasteiger partial charge in [0, 0.05) is 55.0 Å². The molecule has 2 aliphatic rings. The van der Waals surface area contributed by atoms with Crippen LogP contribution in [-0.2, 0) is 5.41 Å². The van der Waals surface area contributed by atoms with Gasteiger partial charge in [0.25, 0.3) is 0 Å². The van der Waals surface area contributed by atoms with Crippen molar-refractivity contribution in [3.05, 3.63) is 210 Å². The van der Waals surface area contributed by atoms with Gasteiger partial charge in [0.2, 0.25) is 0 Å². The Morgan fingerprint density at radius 2 is 1.16 bits per heavy atom. The van der Waals surface area contributed by atoms with Crippen molar-refractivity contribution < 1.29 is 4.79 Å². The molecule has 5 heteroatoms. The molecule has 0 saturated heterocycles. The standard InChI is InChI=1S/C52H37N3OS/c1-52(2)42-25-14-12-24-39(42)50(56)41-31-37(29-30-43(41)52)55-46-28-16-27-45(53(34-17-6-3-7-18-34)35-19-8-4-9-20-35)51(46)57-49-32-40-38-23-13-15-26-44(38)54(47(40)33-48(49)55)36-21-10-5-11-22-36/h3-33H,1-2H3. The van der Waals surface area contributed by atoms with Gasteiger partial charge < -0.3 is 14.4 Å². The van der Waals surface area contributed by atoms with Gasteiger partial charge in [-0.05, 0) is 90.0 Å². The first-order chi connectivity index (χ1) is 28.0. The molecule has 1 aliphatic heterocycles. The fourth-order valence-electron chi connectivity index (χ4n) is 9.09. The monoisotopic (exact) mass is 751 g/mol. The van der Waals surface area contributed by atoms with Gasteiger partial charge in [-0.3, -0.25) is 4.79 Å². The summed E-state index contributed by atoms with van der Waals surface area (Å²) >= 11 is 1.81. The zero-order chi connectivity index (χ0) is 38.3. The third kappa shape index (κ3) is 5.12. The van der Waals surface area contributed by atoms with Crippen molar-refractivity contribution in [2.45, 2.75) is 29.1 Å². The molecule has 0 amide bonds. The first kappa shape index (κ1) is 33.5. The minimum absolute atomic E-state index is 0.0707. The van der Waals surface area contributed by atoms with Crippen LogP contribution in [0.4, 0.5) is 34.1 Å². The number of para-hydroxylation sites is 4. The van der Waals surface area contributed by atoms with Gasteiger partial charge in [-0.15, -0.1) is 0 Å². The van der Waals surface area contributed by atoms with Crippen LogP contribution in [0.15, 0.2) is 198 Å². The summed E-state index contributed by atoms with van der Waals surface area (Å²) in [5.74, 6) is 0.0707. The third-order valence-electron chi connectivity index (χ3n) is 11.7. The lowest BCUT2D eigenvalue weighted by Crippen LogP contribution is -2.30. The molecular weight excluding hydrogens is 715 g/mol. The average Bonchev–Trinajstić information content (AvgIpc) is 3.58. The Bertz CT molecular complexity index is 3000. The summed E-state index contributed by atoms with van der Waals surface area (Å²) in [6, 6.07) is 66.5. The normalized spacial score (nSPS) is 13.9. The van der Waals surface area contributed by atoms with Crippen LogP contribution in [0.25, 0.3) is 27.5 Å². The number of carbonyl (C=O) groups excluding carboxylic acids is 1. The van der Waals surface area contributed by atoms with Crippen molar-refractivity contribution >= 4 is 73.5 Å². The van der Waals surface area contributed by atoms with Crippen LogP contribution in [0, 0.1) is 0 Å². The quantitative estimate of drug-likeness (QED) is 0.175. The highest BCUT2D eigenvalue weighted by Crippen LogP contribution is 2.58. The van der Waals surface area contributed by atoms with Gasteiger partial charge in [-0.25, -0.2) is 0 Å². The second-order valence-electron chi connectivity index (χ2n) is 15.3. The number of carbonyl (C=O) groups is 1. The molecule has 11 rings (SSSR count). The van der Waals surface area contributed by atoms with E-state index in [1.807, 2.05) is 30.0 Å². The number of nitrogens with zero attached hydrogens (tertiary/aromatic N) is 3. The number of hydrogen-bond acceptors (Lipinski definition) is 4. The maximum atomic E-state index is 14.4. The topological polar surface area (TPSA) is 28.5 Å². The van der Waals surface area contributed by atoms with Crippen LogP contribution in [-0.4, -0.2) is 10.4 Å². The Morgan fingerprint density at radius 1 is 0.509 bits per heavy atom. The van der Waals surface area contributed by atoms with E-state index >= 15 is 0 Å². The Morgan fingerprint density at radius 3 is 1.91 bits per heavy atom. The Labute approximate surface area is 336 Å². The van der Waals surface area contributed by atoms with E-state index in [9.17, 15) is 4.79 Å². The van der Waals surface area contributed by atoms with Gasteiger partial charge in [0.1, 0.15) is 0 Å². The maximum Gasteiger partial charge on any atom is 0.193 e. The van der Waals surface area contributed by atoms with Crippen molar-refractivity contribution in [1.82, 2.24) is 4.57 Å². The van der Waals surface area contributed by atoms with Crippen LogP contribution in [0.5, 0.6) is 0 Å². The molecule has 57 heavy (non-hydrogen) atoms. The summed E-state index contributed by atoms with van der Waals surface area (Å²) in [5, 5.41) is 2.41. The Kier molecular flexibility index (Phi) is 7.57. The third-order valence-corrected chi connectivity index (χ3v) is 12.9. The lowest BCUT2D eigenvalue weighted by molar-refractivity contribution is 0.103. The number of ketones is 1. The lowest BCUT2D eigenvalue weighted by atomic mass is 9.68. The molecule has 0 radical (unpaired) electrons. The van der Waals surface area contributed by atoms with E-state index in [1.54, 1.807) is 0 Å². The minimum atomic E-state index is -0.326. The minimum Gasteiger partial charge on any atom is -0.309 e. The molecule has 8 aromatic carbocycles. The summed E-state index contributed by atoms with van der Waals surface area (Å²) < 4.78 is 2.38. The predicted octanol–water partition coefficient (Wildman–Crippen LogP) is 14.1. The molecule has 9 aromatic rings. The fourth-order valence-corrected chi connectivity index (χ4v) is 10.3. The lowest BCUT2D eigenvalue weighted by Gasteiger charge is -2.38. The summed E-state index contributed by atoms with van der Waals surface area (Å²) in [6.07, 6.45) is 0. The maximum absolute atomic E-state index is 14.4. The molecule has 2 heterocycles. The van der Waals surface area contributed by atoms with Crippen LogP contribution < -0.4 is 9.80 Å². The summed E-state index contributed by atoms with van der Waals surface area (Å²) in [5.41, 5.74) is 13.1. The molecule has 0 bridgehead atoms. The number of hydrogen-bond donors (Lipinski definition) is 0. The molecule has 0 unspecified atom stereocenters. The number of fused-ring (bicyclic) bond motifs is 7. The summed E-state index contributed by atoms with van der Waals surface area (Å²) in [4.78, 5) is 21.4. The predicted molar refractivity (Wildman–Crippen MR) is 236 cm³/mol. The molecule has 0 fully saturated rings. The molecule has 0 atom stereocenters. The largest absolute Gasteiger partial charge is 0.309 e. The Hall–Kier alpha value is -6.82. The first-order valence-electron chi connectivity index (χ1n) is 19.4. The summed E-state index contributed by atoms with van der Waals surface area (Å²) in [6.45, 7) is 4.46. The van der Waals surface area contributed by atoms with E-state index in [0.717, 1.165) is 82.9 Å². The molecule has 272 valence electrons. The van der Waals surface area contributed by atoms with E-state index < -0.39 is 0 Å². The zero-order valence-corrected chi connectivity index (χ0v) is 32.4. The van der Waals surface area contributed by atoms with E-state index in [-0.39, 0.29) is 11.2 Å². The van der Waals surface area contributed by atoms with Gasteiger partial charge in [0.15, 0.2) is 5.78 Å². The first-order valence-corrected chi connectivity index (χ1v) is 20.2. The molecule has 0 spiro atoms. The molecule has 0 saturated carbocycles. The zero-order valence-electron chi connectivity index (χ0n) is 31.6. The number of rotatable bonds is 5. The molecule has 4 nitrogen and oxygen atoms in total. The number of anilines is 6. The van der Waals surface area contributed by atoms with E-state index in [1.165, 1.54) is 10.8 Å². The summed E-state index contributed by atoms with van der Waals surface area (Å²) in [7, 11) is 0. The Balaban J connectivity index is 1.19. The van der Waals surface area contributed by atoms with Crippen LogP contribution >= 0.6 is 11.8 Å².